The number of likely N-dealkylation sites (N-methyl/N-ethyl adjacent to an activating group) is 1. The number of fused-ring (bicyclic) bond motifs is 1. The van der Waals surface area contributed by atoms with Gasteiger partial charge in [-0.05, 0) is 24.7 Å². The van der Waals surface area contributed by atoms with Crippen LogP contribution in [0.1, 0.15) is 5.56 Å². The summed E-state index contributed by atoms with van der Waals surface area (Å²) in [6.45, 7) is 0.871. The maximum Gasteiger partial charge on any atom is 0.234 e. The number of hydrogen-bond acceptors (Lipinski definition) is 3. The van der Waals surface area contributed by atoms with Gasteiger partial charge in [0, 0.05) is 25.1 Å². The van der Waals surface area contributed by atoms with Crippen LogP contribution in [0.15, 0.2) is 30.7 Å². The Morgan fingerprint density at radius 3 is 3.19 bits per heavy atom. The molecule has 5 nitrogen and oxygen atoms in total. The summed E-state index contributed by atoms with van der Waals surface area (Å²) in [7, 11) is 1.75. The van der Waals surface area contributed by atoms with Crippen molar-refractivity contribution in [2.45, 2.75) is 6.54 Å². The Bertz CT molecular complexity index is 491. The van der Waals surface area contributed by atoms with E-state index in [1.54, 1.807) is 13.2 Å². The van der Waals surface area contributed by atoms with Gasteiger partial charge in [0.15, 0.2) is 0 Å². The molecule has 0 radical (unpaired) electrons. The molecule has 0 aromatic carbocycles. The second-order valence-electron chi connectivity index (χ2n) is 3.53. The van der Waals surface area contributed by atoms with Crippen LogP contribution in [0.2, 0.25) is 0 Å². The molecule has 2 aromatic rings. The lowest BCUT2D eigenvalue weighted by Gasteiger charge is -2.05. The molecule has 1 amide bonds. The predicted molar refractivity (Wildman–Crippen MR) is 61.0 cm³/mol. The van der Waals surface area contributed by atoms with Gasteiger partial charge in [0.05, 0.1) is 6.54 Å². The minimum Gasteiger partial charge on any atom is -0.351 e. The van der Waals surface area contributed by atoms with E-state index in [-0.39, 0.29) is 5.91 Å². The number of pyridine rings is 1. The maximum absolute atomic E-state index is 11.2. The fourth-order valence-corrected chi connectivity index (χ4v) is 1.49. The van der Waals surface area contributed by atoms with Crippen LogP contribution >= 0.6 is 0 Å². The van der Waals surface area contributed by atoms with Crippen LogP contribution in [0.4, 0.5) is 0 Å². The van der Waals surface area contributed by atoms with Gasteiger partial charge in [0.25, 0.3) is 0 Å². The summed E-state index contributed by atoms with van der Waals surface area (Å²) in [6.07, 6.45) is 5.57. The van der Waals surface area contributed by atoms with Crippen LogP contribution in [-0.4, -0.2) is 28.9 Å². The van der Waals surface area contributed by atoms with Crippen molar-refractivity contribution in [3.8, 4) is 0 Å². The average molecular weight is 218 g/mol. The summed E-state index contributed by atoms with van der Waals surface area (Å²) < 4.78 is 1.93. The van der Waals surface area contributed by atoms with E-state index in [0.29, 0.717) is 13.1 Å². The fourth-order valence-electron chi connectivity index (χ4n) is 1.49. The largest absolute Gasteiger partial charge is 0.351 e. The van der Waals surface area contributed by atoms with Gasteiger partial charge in [0.1, 0.15) is 5.65 Å². The Kier molecular flexibility index (Phi) is 3.16. The normalized spacial score (nSPS) is 10.6. The molecule has 5 heteroatoms. The smallest absolute Gasteiger partial charge is 0.234 e. The monoisotopic (exact) mass is 218 g/mol. The highest BCUT2D eigenvalue weighted by Crippen LogP contribution is 2.04. The molecule has 0 spiro atoms. The van der Waals surface area contributed by atoms with Crippen LogP contribution in [-0.2, 0) is 11.3 Å². The zero-order valence-corrected chi connectivity index (χ0v) is 9.10. The summed E-state index contributed by atoms with van der Waals surface area (Å²) in [5.74, 6) is -0.00860. The molecule has 0 saturated heterocycles. The number of imidazole rings is 1. The zero-order valence-electron chi connectivity index (χ0n) is 9.10. The number of carbonyl (C=O) groups is 1. The van der Waals surface area contributed by atoms with E-state index in [9.17, 15) is 4.79 Å². The second kappa shape index (κ2) is 4.76. The molecule has 0 saturated carbocycles. The highest BCUT2D eigenvalue weighted by atomic mass is 16.1. The van der Waals surface area contributed by atoms with E-state index < -0.39 is 0 Å². The highest BCUT2D eigenvalue weighted by Gasteiger charge is 2.00. The van der Waals surface area contributed by atoms with E-state index in [0.717, 1.165) is 11.2 Å². The third kappa shape index (κ3) is 2.38. The minimum absolute atomic E-state index is 0.00860. The van der Waals surface area contributed by atoms with E-state index in [1.165, 1.54) is 0 Å². The van der Waals surface area contributed by atoms with Crippen LogP contribution in [0.25, 0.3) is 5.65 Å². The molecule has 0 unspecified atom stereocenters. The number of hydrogen-bond donors (Lipinski definition) is 2. The summed E-state index contributed by atoms with van der Waals surface area (Å²) in [6, 6.07) is 3.92. The summed E-state index contributed by atoms with van der Waals surface area (Å²) >= 11 is 0. The standard InChI is InChI=1S/C11H14N4O/c1-12-8-11(16)14-7-9-2-4-15-5-3-13-10(15)6-9/h2-6,12H,7-8H2,1H3,(H,14,16). The number of nitrogens with one attached hydrogen (secondary N) is 2. The van der Waals surface area contributed by atoms with Gasteiger partial charge in [-0.15, -0.1) is 0 Å². The molecule has 2 N–H and O–H groups in total. The molecule has 0 fully saturated rings. The molecule has 0 bridgehead atoms. The average Bonchev–Trinajstić information content (AvgIpc) is 2.74. The van der Waals surface area contributed by atoms with Crippen molar-refractivity contribution in [1.29, 1.82) is 0 Å². The minimum atomic E-state index is -0.00860. The molecule has 2 aromatic heterocycles. The van der Waals surface area contributed by atoms with E-state index in [2.05, 4.69) is 15.6 Å². The topological polar surface area (TPSA) is 58.4 Å². The van der Waals surface area contributed by atoms with Gasteiger partial charge in [0.2, 0.25) is 5.91 Å². The Hall–Kier alpha value is -1.88. The first-order chi connectivity index (χ1) is 7.79. The zero-order chi connectivity index (χ0) is 11.4. The first-order valence-corrected chi connectivity index (χ1v) is 5.12. The molecule has 0 atom stereocenters. The van der Waals surface area contributed by atoms with Crippen molar-refractivity contribution >= 4 is 11.6 Å². The third-order valence-electron chi connectivity index (χ3n) is 2.29. The number of aromatic nitrogens is 2. The molecule has 2 heterocycles. The number of carbonyl (C=O) groups excluding carboxylic acids is 1. The Labute approximate surface area is 93.5 Å². The van der Waals surface area contributed by atoms with Crippen molar-refractivity contribution in [1.82, 2.24) is 20.0 Å². The number of nitrogens with zero attached hydrogens (tertiary/aromatic N) is 2. The van der Waals surface area contributed by atoms with E-state index in [4.69, 9.17) is 0 Å². The molecule has 0 aliphatic rings. The number of amides is 1. The lowest BCUT2D eigenvalue weighted by atomic mass is 10.2. The second-order valence-corrected chi connectivity index (χ2v) is 3.53. The lowest BCUT2D eigenvalue weighted by Crippen LogP contribution is -2.31. The first kappa shape index (κ1) is 10.6. The maximum atomic E-state index is 11.2. The molecular formula is C11H14N4O. The summed E-state index contributed by atoms with van der Waals surface area (Å²) in [5, 5.41) is 5.62. The summed E-state index contributed by atoms with van der Waals surface area (Å²) in [4.78, 5) is 15.4. The van der Waals surface area contributed by atoms with Gasteiger partial charge in [-0.25, -0.2) is 4.98 Å². The van der Waals surface area contributed by atoms with Crippen LogP contribution < -0.4 is 10.6 Å². The SMILES string of the molecule is CNCC(=O)NCc1ccn2ccnc2c1. The van der Waals surface area contributed by atoms with Gasteiger partial charge in [-0.3, -0.25) is 4.79 Å². The van der Waals surface area contributed by atoms with Crippen LogP contribution in [0.5, 0.6) is 0 Å². The molecular weight excluding hydrogens is 204 g/mol. The molecule has 2 rings (SSSR count). The van der Waals surface area contributed by atoms with Crippen LogP contribution in [0.3, 0.4) is 0 Å². The lowest BCUT2D eigenvalue weighted by molar-refractivity contribution is -0.120. The van der Waals surface area contributed by atoms with Crippen molar-refractivity contribution in [3.63, 3.8) is 0 Å². The van der Waals surface area contributed by atoms with E-state index >= 15 is 0 Å². The Morgan fingerprint density at radius 1 is 1.50 bits per heavy atom. The van der Waals surface area contributed by atoms with Gasteiger partial charge in [-0.2, -0.15) is 0 Å². The van der Waals surface area contributed by atoms with Crippen molar-refractivity contribution in [2.75, 3.05) is 13.6 Å². The van der Waals surface area contributed by atoms with Crippen molar-refractivity contribution in [3.05, 3.63) is 36.3 Å². The van der Waals surface area contributed by atoms with Crippen molar-refractivity contribution < 1.29 is 4.79 Å². The molecule has 0 aliphatic heterocycles. The Balaban J connectivity index is 2.01. The fraction of sp³-hybridized carbons (Fsp3) is 0.273. The highest BCUT2D eigenvalue weighted by molar-refractivity contribution is 5.77. The number of rotatable bonds is 4. The van der Waals surface area contributed by atoms with E-state index in [1.807, 2.05) is 28.9 Å². The van der Waals surface area contributed by atoms with Crippen LogP contribution in [0, 0.1) is 0 Å². The predicted octanol–water partition coefficient (Wildman–Crippen LogP) is 0.170. The first-order valence-electron chi connectivity index (χ1n) is 5.12. The Morgan fingerprint density at radius 2 is 2.38 bits per heavy atom. The molecule has 0 aliphatic carbocycles. The quantitative estimate of drug-likeness (QED) is 0.769. The molecule has 84 valence electrons. The van der Waals surface area contributed by atoms with Gasteiger partial charge < -0.3 is 15.0 Å². The summed E-state index contributed by atoms with van der Waals surface area (Å²) in [5.41, 5.74) is 1.93. The van der Waals surface area contributed by atoms with Gasteiger partial charge >= 0.3 is 0 Å². The van der Waals surface area contributed by atoms with Gasteiger partial charge in [-0.1, -0.05) is 0 Å². The van der Waals surface area contributed by atoms with Crippen molar-refractivity contribution in [2.24, 2.45) is 0 Å². The third-order valence-corrected chi connectivity index (χ3v) is 2.29. The molecule has 16 heavy (non-hydrogen) atoms.